The summed E-state index contributed by atoms with van der Waals surface area (Å²) >= 11 is 0. The normalized spacial score (nSPS) is 12.6. The van der Waals surface area contributed by atoms with Crippen molar-refractivity contribution in [3.05, 3.63) is 138 Å². The molecule has 168 valence electrons. The maximum absolute atomic E-state index is 13.1. The van der Waals surface area contributed by atoms with Crippen LogP contribution in [0.15, 0.2) is 82.5 Å². The van der Waals surface area contributed by atoms with Crippen LogP contribution in [0.4, 0.5) is 0 Å². The average molecular weight is 450 g/mol. The van der Waals surface area contributed by atoms with Crippen LogP contribution < -0.4 is 11.2 Å². The van der Waals surface area contributed by atoms with E-state index >= 15 is 0 Å². The second-order valence-corrected chi connectivity index (χ2v) is 8.51. The van der Waals surface area contributed by atoms with Gasteiger partial charge in [-0.25, -0.2) is 9.59 Å². The van der Waals surface area contributed by atoms with Crippen molar-refractivity contribution in [2.45, 2.75) is 19.4 Å². The highest BCUT2D eigenvalue weighted by Gasteiger charge is 2.26. The van der Waals surface area contributed by atoms with E-state index in [4.69, 9.17) is 0 Å². The lowest BCUT2D eigenvalue weighted by atomic mass is 9.83. The maximum atomic E-state index is 13.1. The molecule has 0 saturated heterocycles. The first-order valence-corrected chi connectivity index (χ1v) is 10.9. The molecule has 1 aromatic heterocycles. The minimum Gasteiger partial charge on any atom is -0.478 e. The molecular formula is C28H22N2O4. The van der Waals surface area contributed by atoms with E-state index in [1.54, 1.807) is 18.3 Å². The SMILES string of the molecule is Cc1cc(Cn2cc(C3c4ccccc4C=Cc4ccccc43)c(=O)[nH]c2=O)cc(C(=O)O)c1. The number of hydrogen-bond acceptors (Lipinski definition) is 3. The van der Waals surface area contributed by atoms with Gasteiger partial charge in [0.25, 0.3) is 5.56 Å². The number of benzene rings is 3. The molecule has 34 heavy (non-hydrogen) atoms. The Morgan fingerprint density at radius 1 is 0.912 bits per heavy atom. The highest BCUT2D eigenvalue weighted by Crippen LogP contribution is 2.37. The van der Waals surface area contributed by atoms with Gasteiger partial charge in [-0.15, -0.1) is 0 Å². The number of nitrogens with zero attached hydrogens (tertiary/aromatic N) is 1. The number of aryl methyl sites for hydroxylation is 1. The zero-order valence-corrected chi connectivity index (χ0v) is 18.5. The molecule has 0 atom stereocenters. The van der Waals surface area contributed by atoms with Crippen molar-refractivity contribution >= 4 is 18.1 Å². The van der Waals surface area contributed by atoms with Gasteiger partial charge in [0.2, 0.25) is 0 Å². The Morgan fingerprint density at radius 2 is 1.53 bits per heavy atom. The largest absolute Gasteiger partial charge is 0.478 e. The molecule has 1 aliphatic rings. The Balaban J connectivity index is 1.68. The number of aromatic carboxylic acids is 1. The van der Waals surface area contributed by atoms with Crippen LogP contribution in [0, 0.1) is 6.92 Å². The van der Waals surface area contributed by atoms with Gasteiger partial charge in [-0.3, -0.25) is 14.3 Å². The molecular weight excluding hydrogens is 428 g/mol. The van der Waals surface area contributed by atoms with Crippen molar-refractivity contribution in [1.29, 1.82) is 0 Å². The fourth-order valence-electron chi connectivity index (χ4n) is 4.66. The molecule has 3 aromatic carbocycles. The molecule has 0 fully saturated rings. The summed E-state index contributed by atoms with van der Waals surface area (Å²) in [7, 11) is 0. The summed E-state index contributed by atoms with van der Waals surface area (Å²) in [5.41, 5.74) is 5.04. The summed E-state index contributed by atoms with van der Waals surface area (Å²) in [5, 5.41) is 9.40. The van der Waals surface area contributed by atoms with Crippen LogP contribution in [-0.4, -0.2) is 20.6 Å². The first-order valence-electron chi connectivity index (χ1n) is 10.9. The van der Waals surface area contributed by atoms with Gasteiger partial charge in [0.1, 0.15) is 0 Å². The van der Waals surface area contributed by atoms with Crippen molar-refractivity contribution < 1.29 is 9.90 Å². The van der Waals surface area contributed by atoms with Gasteiger partial charge in [-0.05, 0) is 52.4 Å². The van der Waals surface area contributed by atoms with E-state index in [1.807, 2.05) is 73.7 Å². The molecule has 0 amide bonds. The number of H-pyrrole nitrogens is 1. The molecule has 2 N–H and O–H groups in total. The zero-order valence-electron chi connectivity index (χ0n) is 18.5. The predicted molar refractivity (Wildman–Crippen MR) is 131 cm³/mol. The molecule has 6 nitrogen and oxygen atoms in total. The lowest BCUT2D eigenvalue weighted by Crippen LogP contribution is -2.33. The van der Waals surface area contributed by atoms with Crippen LogP contribution in [-0.2, 0) is 6.54 Å². The summed E-state index contributed by atoms with van der Waals surface area (Å²) in [6.45, 7) is 1.95. The summed E-state index contributed by atoms with van der Waals surface area (Å²) in [6.07, 6.45) is 5.69. The van der Waals surface area contributed by atoms with E-state index in [2.05, 4.69) is 4.98 Å². The second kappa shape index (κ2) is 8.48. The molecule has 0 saturated carbocycles. The van der Waals surface area contributed by atoms with Crippen LogP contribution in [0.1, 0.15) is 55.2 Å². The third-order valence-corrected chi connectivity index (χ3v) is 6.14. The summed E-state index contributed by atoms with van der Waals surface area (Å²) < 4.78 is 1.43. The van der Waals surface area contributed by atoms with Gasteiger partial charge in [0.05, 0.1) is 12.1 Å². The number of nitrogens with one attached hydrogen (secondary N) is 1. The number of fused-ring (bicyclic) bond motifs is 2. The number of carbonyl (C=O) groups is 1. The zero-order chi connectivity index (χ0) is 23.8. The molecule has 0 unspecified atom stereocenters. The smallest absolute Gasteiger partial charge is 0.335 e. The predicted octanol–water partition coefficient (Wildman–Crippen LogP) is 4.26. The van der Waals surface area contributed by atoms with Crippen molar-refractivity contribution in [1.82, 2.24) is 9.55 Å². The third-order valence-electron chi connectivity index (χ3n) is 6.14. The number of aromatic amines is 1. The Bertz CT molecular complexity index is 1530. The number of carboxylic acid groups (broad SMARTS) is 1. The number of carboxylic acids is 1. The molecule has 5 rings (SSSR count). The van der Waals surface area contributed by atoms with Crippen molar-refractivity contribution in [2.75, 3.05) is 0 Å². The molecule has 1 aliphatic carbocycles. The van der Waals surface area contributed by atoms with Crippen LogP contribution in [0.5, 0.6) is 0 Å². The van der Waals surface area contributed by atoms with Crippen LogP contribution in [0.25, 0.3) is 12.2 Å². The van der Waals surface area contributed by atoms with E-state index in [1.165, 1.54) is 4.57 Å². The van der Waals surface area contributed by atoms with Crippen molar-refractivity contribution in [3.63, 3.8) is 0 Å². The van der Waals surface area contributed by atoms with Crippen LogP contribution in [0.2, 0.25) is 0 Å². The van der Waals surface area contributed by atoms with E-state index in [0.717, 1.165) is 27.8 Å². The highest BCUT2D eigenvalue weighted by atomic mass is 16.4. The maximum Gasteiger partial charge on any atom is 0.335 e. The first kappa shape index (κ1) is 21.4. The molecule has 0 radical (unpaired) electrons. The molecule has 1 heterocycles. The van der Waals surface area contributed by atoms with E-state index in [-0.39, 0.29) is 18.0 Å². The van der Waals surface area contributed by atoms with Crippen molar-refractivity contribution in [2.24, 2.45) is 0 Å². The fraction of sp³-hybridized carbons (Fsp3) is 0.107. The van der Waals surface area contributed by atoms with Crippen LogP contribution in [0.3, 0.4) is 0 Å². The number of hydrogen-bond donors (Lipinski definition) is 2. The first-order chi connectivity index (χ1) is 16.4. The van der Waals surface area contributed by atoms with Crippen LogP contribution >= 0.6 is 0 Å². The summed E-state index contributed by atoms with van der Waals surface area (Å²) in [5.74, 6) is -1.40. The summed E-state index contributed by atoms with van der Waals surface area (Å²) in [4.78, 5) is 39.8. The van der Waals surface area contributed by atoms with E-state index < -0.39 is 17.2 Å². The van der Waals surface area contributed by atoms with Gasteiger partial charge in [0, 0.05) is 17.7 Å². The molecule has 4 aromatic rings. The standard InChI is InChI=1S/C28H22N2O4/c1-17-12-18(14-21(13-17)27(32)33)15-30-16-24(26(31)29-28(30)34)25-22-8-4-2-6-19(22)10-11-20-7-3-5-9-23(20)25/h2-14,16,25H,15H2,1H3,(H,32,33)(H,29,31,34). The number of rotatable bonds is 4. The molecule has 6 heteroatoms. The van der Waals surface area contributed by atoms with Gasteiger partial charge >= 0.3 is 11.7 Å². The topological polar surface area (TPSA) is 92.2 Å². The van der Waals surface area contributed by atoms with E-state index in [0.29, 0.717) is 11.1 Å². The highest BCUT2D eigenvalue weighted by molar-refractivity contribution is 5.88. The van der Waals surface area contributed by atoms with Gasteiger partial charge in [-0.1, -0.05) is 66.7 Å². The number of aromatic nitrogens is 2. The lowest BCUT2D eigenvalue weighted by Gasteiger charge is -2.21. The minimum absolute atomic E-state index is 0.138. The Hall–Kier alpha value is -4.45. The van der Waals surface area contributed by atoms with Gasteiger partial charge < -0.3 is 5.11 Å². The van der Waals surface area contributed by atoms with Gasteiger partial charge in [0.15, 0.2) is 0 Å². The fourth-order valence-corrected chi connectivity index (χ4v) is 4.66. The Kier molecular flexibility index (Phi) is 5.34. The lowest BCUT2D eigenvalue weighted by molar-refractivity contribution is 0.0696. The third kappa shape index (κ3) is 3.90. The second-order valence-electron chi connectivity index (χ2n) is 8.51. The quantitative estimate of drug-likeness (QED) is 0.428. The summed E-state index contributed by atoms with van der Waals surface area (Å²) in [6, 6.07) is 20.8. The van der Waals surface area contributed by atoms with Crippen molar-refractivity contribution in [3.8, 4) is 0 Å². The molecule has 0 bridgehead atoms. The van der Waals surface area contributed by atoms with Gasteiger partial charge in [-0.2, -0.15) is 0 Å². The molecule has 0 aliphatic heterocycles. The Morgan fingerprint density at radius 3 is 2.15 bits per heavy atom. The Labute approximate surface area is 195 Å². The molecule has 0 spiro atoms. The minimum atomic E-state index is -1.03. The average Bonchev–Trinajstić information content (AvgIpc) is 2.97. The van der Waals surface area contributed by atoms with E-state index in [9.17, 15) is 19.5 Å². The monoisotopic (exact) mass is 450 g/mol.